The number of pyridine rings is 1. The van der Waals surface area contributed by atoms with Crippen LogP contribution in [0.25, 0.3) is 10.9 Å². The molecular weight excluding hydrogens is 354 g/mol. The van der Waals surface area contributed by atoms with Gasteiger partial charge in [0.15, 0.2) is 0 Å². The molecule has 1 aliphatic rings. The van der Waals surface area contributed by atoms with Gasteiger partial charge in [-0.1, -0.05) is 56.7 Å². The smallest absolute Gasteiger partial charge is 0.0726 e. The zero-order valence-corrected chi connectivity index (χ0v) is 17.5. The highest BCUT2D eigenvalue weighted by Gasteiger charge is 2.17. The molecule has 0 aliphatic heterocycles. The summed E-state index contributed by atoms with van der Waals surface area (Å²) in [6.07, 6.45) is 15.4. The maximum atomic E-state index is 5.54. The lowest BCUT2D eigenvalue weighted by Gasteiger charge is -2.21. The first-order chi connectivity index (χ1) is 12.9. The molecule has 0 atom stereocenters. The molecular formula is C23H36ClN3. The van der Waals surface area contributed by atoms with E-state index < -0.39 is 0 Å². The molecule has 0 radical (unpaired) electrons. The van der Waals surface area contributed by atoms with Crippen LogP contribution in [-0.4, -0.2) is 18.1 Å². The number of nitrogens with one attached hydrogen (secondary N) is 1. The van der Waals surface area contributed by atoms with Crippen molar-refractivity contribution in [2.45, 2.75) is 77.0 Å². The summed E-state index contributed by atoms with van der Waals surface area (Å²) >= 11 is 0. The zero-order chi connectivity index (χ0) is 18.0. The van der Waals surface area contributed by atoms with Crippen molar-refractivity contribution < 1.29 is 0 Å². The molecule has 2 aromatic rings. The fourth-order valence-corrected chi connectivity index (χ4v) is 4.12. The highest BCUT2D eigenvalue weighted by Crippen LogP contribution is 2.33. The van der Waals surface area contributed by atoms with E-state index in [4.69, 9.17) is 10.7 Å². The van der Waals surface area contributed by atoms with Gasteiger partial charge in [-0.15, -0.1) is 12.4 Å². The Hall–Kier alpha value is -1.32. The minimum Gasteiger partial charge on any atom is -0.384 e. The number of unbranched alkanes of at least 4 members (excludes halogenated alkanes) is 7. The monoisotopic (exact) mass is 389 g/mol. The van der Waals surface area contributed by atoms with Gasteiger partial charge >= 0.3 is 0 Å². The van der Waals surface area contributed by atoms with E-state index in [2.05, 4.69) is 29.6 Å². The van der Waals surface area contributed by atoms with Gasteiger partial charge in [0, 0.05) is 23.3 Å². The van der Waals surface area contributed by atoms with Gasteiger partial charge in [0.2, 0.25) is 0 Å². The molecule has 0 fully saturated rings. The Kier molecular flexibility index (Phi) is 9.93. The molecule has 3 nitrogen and oxygen atoms in total. The quantitative estimate of drug-likeness (QED) is 0.461. The van der Waals surface area contributed by atoms with Crippen molar-refractivity contribution in [3.63, 3.8) is 0 Å². The fourth-order valence-electron chi connectivity index (χ4n) is 4.12. The Morgan fingerprint density at radius 1 is 0.852 bits per heavy atom. The molecule has 0 spiro atoms. The normalized spacial score (nSPS) is 13.2. The number of halogens is 1. The molecule has 27 heavy (non-hydrogen) atoms. The summed E-state index contributed by atoms with van der Waals surface area (Å²) in [5.41, 5.74) is 10.9. The minimum absolute atomic E-state index is 0. The summed E-state index contributed by atoms with van der Waals surface area (Å²) in [5.74, 6) is 0. The molecule has 150 valence electrons. The molecule has 0 saturated carbocycles. The molecule has 1 aromatic heterocycles. The van der Waals surface area contributed by atoms with Crippen molar-refractivity contribution in [1.82, 2.24) is 4.98 Å². The Labute approximate surface area is 170 Å². The lowest BCUT2D eigenvalue weighted by atomic mass is 9.92. The third kappa shape index (κ3) is 6.36. The number of rotatable bonds is 11. The van der Waals surface area contributed by atoms with Crippen LogP contribution in [0.3, 0.4) is 0 Å². The van der Waals surface area contributed by atoms with E-state index in [0.29, 0.717) is 0 Å². The number of fused-ring (bicyclic) bond motifs is 2. The van der Waals surface area contributed by atoms with E-state index in [9.17, 15) is 0 Å². The topological polar surface area (TPSA) is 50.9 Å². The van der Waals surface area contributed by atoms with Crippen LogP contribution in [0, 0.1) is 0 Å². The fraction of sp³-hybridized carbons (Fsp3) is 0.609. The van der Waals surface area contributed by atoms with E-state index in [1.165, 1.54) is 93.0 Å². The van der Waals surface area contributed by atoms with E-state index >= 15 is 0 Å². The largest absolute Gasteiger partial charge is 0.384 e. The zero-order valence-electron chi connectivity index (χ0n) is 16.6. The van der Waals surface area contributed by atoms with Gasteiger partial charge in [-0.25, -0.2) is 0 Å². The molecule has 0 unspecified atom stereocenters. The van der Waals surface area contributed by atoms with Gasteiger partial charge in [-0.2, -0.15) is 0 Å². The Bertz CT molecular complexity index is 687. The summed E-state index contributed by atoms with van der Waals surface area (Å²) < 4.78 is 0. The minimum atomic E-state index is 0. The Morgan fingerprint density at radius 2 is 1.52 bits per heavy atom. The first-order valence-electron chi connectivity index (χ1n) is 10.7. The molecule has 0 bridgehead atoms. The first-order valence-corrected chi connectivity index (χ1v) is 10.7. The van der Waals surface area contributed by atoms with Crippen LogP contribution >= 0.6 is 12.4 Å². The van der Waals surface area contributed by atoms with Crippen molar-refractivity contribution in [1.29, 1.82) is 0 Å². The molecule has 3 rings (SSSR count). The molecule has 1 heterocycles. The number of nitrogens with zero attached hydrogens (tertiary/aromatic N) is 1. The molecule has 1 aliphatic carbocycles. The number of hydrogen-bond acceptors (Lipinski definition) is 3. The van der Waals surface area contributed by atoms with E-state index in [0.717, 1.165) is 25.0 Å². The molecule has 0 amide bonds. The number of benzene rings is 1. The van der Waals surface area contributed by atoms with Gasteiger partial charge in [-0.3, -0.25) is 4.98 Å². The maximum Gasteiger partial charge on any atom is 0.0726 e. The van der Waals surface area contributed by atoms with Crippen LogP contribution in [0.2, 0.25) is 0 Å². The van der Waals surface area contributed by atoms with Gasteiger partial charge < -0.3 is 11.1 Å². The molecule has 4 heteroatoms. The number of hydrogen-bond donors (Lipinski definition) is 2. The number of aromatic nitrogens is 1. The third-order valence-electron chi connectivity index (χ3n) is 5.60. The standard InChI is InChI=1S/C23H35N3.ClH/c24-17-11-5-3-1-2-4-6-12-18-25-23-19-13-7-9-15-21(19)26-22-16-10-8-14-20(22)23;/h7,9,13,15H,1-6,8,10-12,14,16-18,24H2,(H,25,26);1H. The SMILES string of the molecule is Cl.NCCCCCCCCCCNc1c2c(nc3ccccc13)CCCC2. The summed E-state index contributed by atoms with van der Waals surface area (Å²) in [4.78, 5) is 4.93. The maximum absolute atomic E-state index is 5.54. The number of nitrogens with two attached hydrogens (primary N) is 1. The average molecular weight is 390 g/mol. The van der Waals surface area contributed by atoms with Gasteiger partial charge in [-0.05, 0) is 56.7 Å². The summed E-state index contributed by atoms with van der Waals surface area (Å²) in [6.45, 7) is 1.92. The number of anilines is 1. The van der Waals surface area contributed by atoms with Crippen LogP contribution < -0.4 is 11.1 Å². The first kappa shape index (κ1) is 22.0. The Balaban J connectivity index is 0.00000261. The lowest BCUT2D eigenvalue weighted by Crippen LogP contribution is -2.12. The summed E-state index contributed by atoms with van der Waals surface area (Å²) in [7, 11) is 0. The van der Waals surface area contributed by atoms with Gasteiger partial charge in [0.05, 0.1) is 5.52 Å². The van der Waals surface area contributed by atoms with Crippen LogP contribution in [0.1, 0.15) is 75.5 Å². The predicted octanol–water partition coefficient (Wildman–Crippen LogP) is 6.03. The van der Waals surface area contributed by atoms with Crippen molar-refractivity contribution in [2.75, 3.05) is 18.4 Å². The van der Waals surface area contributed by atoms with Crippen LogP contribution in [-0.2, 0) is 12.8 Å². The van der Waals surface area contributed by atoms with Crippen LogP contribution in [0.4, 0.5) is 5.69 Å². The van der Waals surface area contributed by atoms with Crippen LogP contribution in [0.15, 0.2) is 24.3 Å². The number of para-hydroxylation sites is 1. The highest BCUT2D eigenvalue weighted by molar-refractivity contribution is 5.93. The molecule has 0 saturated heterocycles. The van der Waals surface area contributed by atoms with Crippen molar-refractivity contribution in [2.24, 2.45) is 5.73 Å². The van der Waals surface area contributed by atoms with Gasteiger partial charge in [0.25, 0.3) is 0 Å². The van der Waals surface area contributed by atoms with Crippen LogP contribution in [0.5, 0.6) is 0 Å². The van der Waals surface area contributed by atoms with E-state index in [1.807, 2.05) is 0 Å². The second-order valence-electron chi connectivity index (χ2n) is 7.68. The molecule has 1 aromatic carbocycles. The predicted molar refractivity (Wildman–Crippen MR) is 120 cm³/mol. The number of aryl methyl sites for hydroxylation is 1. The van der Waals surface area contributed by atoms with Crippen molar-refractivity contribution in [3.05, 3.63) is 35.5 Å². The van der Waals surface area contributed by atoms with E-state index in [1.54, 1.807) is 0 Å². The van der Waals surface area contributed by atoms with Gasteiger partial charge in [0.1, 0.15) is 0 Å². The second kappa shape index (κ2) is 12.2. The average Bonchev–Trinajstić information content (AvgIpc) is 2.68. The highest BCUT2D eigenvalue weighted by atomic mass is 35.5. The Morgan fingerprint density at radius 3 is 2.30 bits per heavy atom. The summed E-state index contributed by atoms with van der Waals surface area (Å²) in [6, 6.07) is 8.61. The van der Waals surface area contributed by atoms with Crippen molar-refractivity contribution >= 4 is 29.0 Å². The second-order valence-corrected chi connectivity index (χ2v) is 7.68. The summed E-state index contributed by atoms with van der Waals surface area (Å²) in [5, 5.41) is 5.08. The lowest BCUT2D eigenvalue weighted by molar-refractivity contribution is 0.574. The van der Waals surface area contributed by atoms with E-state index in [-0.39, 0.29) is 12.4 Å². The third-order valence-corrected chi connectivity index (χ3v) is 5.60. The molecule has 3 N–H and O–H groups in total. The van der Waals surface area contributed by atoms with Crippen molar-refractivity contribution in [3.8, 4) is 0 Å².